The number of benzene rings is 1. The van der Waals surface area contributed by atoms with E-state index < -0.39 is 10.0 Å². The molecular weight excluding hydrogens is 250 g/mol. The molecule has 0 aliphatic rings. The van der Waals surface area contributed by atoms with Gasteiger partial charge in [0, 0.05) is 32.4 Å². The zero-order valence-electron chi connectivity index (χ0n) is 11.3. The minimum Gasteiger partial charge on any atom is -0.378 e. The maximum atomic E-state index is 12.1. The quantitative estimate of drug-likeness (QED) is 0.797. The lowest BCUT2D eigenvalue weighted by atomic mass is 10.3. The molecule has 1 atom stereocenters. The van der Waals surface area contributed by atoms with Gasteiger partial charge in [0.15, 0.2) is 0 Å². The molecule has 0 spiro atoms. The molecule has 0 radical (unpaired) electrons. The van der Waals surface area contributed by atoms with Gasteiger partial charge in [-0.3, -0.25) is 0 Å². The largest absolute Gasteiger partial charge is 0.378 e. The maximum absolute atomic E-state index is 12.1. The number of likely N-dealkylation sites (N-methyl/N-ethyl adjacent to an activating group) is 1. The molecule has 0 heterocycles. The van der Waals surface area contributed by atoms with Crippen molar-refractivity contribution in [2.75, 3.05) is 32.6 Å². The van der Waals surface area contributed by atoms with Gasteiger partial charge in [0.2, 0.25) is 10.0 Å². The summed E-state index contributed by atoms with van der Waals surface area (Å²) in [5, 5.41) is 2.98. The zero-order chi connectivity index (χ0) is 13.8. The summed E-state index contributed by atoms with van der Waals surface area (Å²) in [4.78, 5) is 2.16. The summed E-state index contributed by atoms with van der Waals surface area (Å²) in [6.07, 6.45) is 0. The summed E-state index contributed by atoms with van der Waals surface area (Å²) in [5.41, 5.74) is 0.861. The van der Waals surface area contributed by atoms with Crippen molar-refractivity contribution in [1.29, 1.82) is 0 Å². The summed E-state index contributed by atoms with van der Waals surface area (Å²) in [6, 6.07) is 6.96. The molecule has 0 saturated carbocycles. The Kier molecular flexibility index (Phi) is 5.13. The molecule has 1 aromatic carbocycles. The normalized spacial score (nSPS) is 13.3. The van der Waals surface area contributed by atoms with E-state index in [1.54, 1.807) is 25.2 Å². The number of nitrogens with zero attached hydrogens (tertiary/aromatic N) is 1. The lowest BCUT2D eigenvalue weighted by Crippen LogP contribution is -2.37. The van der Waals surface area contributed by atoms with E-state index in [0.717, 1.165) is 5.69 Å². The van der Waals surface area contributed by atoms with Crippen molar-refractivity contribution in [3.05, 3.63) is 24.3 Å². The van der Waals surface area contributed by atoms with E-state index in [0.29, 0.717) is 6.54 Å². The van der Waals surface area contributed by atoms with Crippen molar-refractivity contribution in [3.63, 3.8) is 0 Å². The van der Waals surface area contributed by atoms with Gasteiger partial charge >= 0.3 is 0 Å². The molecule has 0 aliphatic heterocycles. The first kappa shape index (κ1) is 14.9. The number of hydrogen-bond acceptors (Lipinski definition) is 4. The third kappa shape index (κ3) is 3.97. The van der Waals surface area contributed by atoms with E-state index in [4.69, 9.17) is 0 Å². The van der Waals surface area contributed by atoms with Gasteiger partial charge in [-0.25, -0.2) is 13.1 Å². The summed E-state index contributed by atoms with van der Waals surface area (Å²) in [6.45, 7) is 2.28. The van der Waals surface area contributed by atoms with Crippen LogP contribution in [0.1, 0.15) is 6.92 Å². The number of nitrogens with one attached hydrogen (secondary N) is 2. The molecule has 0 amide bonds. The third-order valence-electron chi connectivity index (χ3n) is 2.72. The molecule has 1 aromatic rings. The third-order valence-corrected chi connectivity index (χ3v) is 4.14. The fourth-order valence-corrected chi connectivity index (χ4v) is 2.52. The lowest BCUT2D eigenvalue weighted by molar-refractivity contribution is 0.554. The van der Waals surface area contributed by atoms with Crippen LogP contribution in [-0.2, 0) is 10.0 Å². The first-order valence-corrected chi connectivity index (χ1v) is 7.29. The fourth-order valence-electron chi connectivity index (χ4n) is 1.35. The highest BCUT2D eigenvalue weighted by molar-refractivity contribution is 7.89. The average molecular weight is 271 g/mol. The van der Waals surface area contributed by atoms with Gasteiger partial charge in [-0.15, -0.1) is 0 Å². The van der Waals surface area contributed by atoms with Crippen LogP contribution >= 0.6 is 0 Å². The van der Waals surface area contributed by atoms with Crippen LogP contribution in [0.15, 0.2) is 29.2 Å². The van der Waals surface area contributed by atoms with E-state index in [1.807, 2.05) is 32.0 Å². The lowest BCUT2D eigenvalue weighted by Gasteiger charge is -2.15. The van der Waals surface area contributed by atoms with Crippen molar-refractivity contribution in [2.24, 2.45) is 0 Å². The topological polar surface area (TPSA) is 61.4 Å². The molecule has 0 aromatic heterocycles. The van der Waals surface area contributed by atoms with Crippen molar-refractivity contribution in [3.8, 4) is 0 Å². The van der Waals surface area contributed by atoms with Gasteiger partial charge in [-0.2, -0.15) is 0 Å². The number of rotatable bonds is 6. The van der Waals surface area contributed by atoms with E-state index in [-0.39, 0.29) is 10.9 Å². The van der Waals surface area contributed by atoms with Gasteiger partial charge in [0.25, 0.3) is 0 Å². The van der Waals surface area contributed by atoms with E-state index in [1.165, 1.54) is 0 Å². The minimum absolute atomic E-state index is 0.0943. The monoisotopic (exact) mass is 271 g/mol. The Morgan fingerprint density at radius 2 is 2.00 bits per heavy atom. The Bertz CT molecular complexity index is 486. The van der Waals surface area contributed by atoms with E-state index in [2.05, 4.69) is 10.0 Å². The highest BCUT2D eigenvalue weighted by Crippen LogP contribution is 2.17. The predicted molar refractivity (Wildman–Crippen MR) is 74.5 cm³/mol. The summed E-state index contributed by atoms with van der Waals surface area (Å²) >= 11 is 0. The van der Waals surface area contributed by atoms with Crippen LogP contribution in [-0.4, -0.2) is 42.1 Å². The zero-order valence-corrected chi connectivity index (χ0v) is 12.1. The van der Waals surface area contributed by atoms with Crippen LogP contribution < -0.4 is 14.9 Å². The number of anilines is 1. The Morgan fingerprint density at radius 1 is 1.33 bits per heavy atom. The Balaban J connectivity index is 2.88. The Labute approximate surface area is 109 Å². The van der Waals surface area contributed by atoms with Crippen molar-refractivity contribution >= 4 is 15.7 Å². The SMILES string of the molecule is CNC(C)CNS(=O)(=O)c1cccc(N(C)C)c1. The van der Waals surface area contributed by atoms with Gasteiger partial charge in [0.1, 0.15) is 0 Å². The Morgan fingerprint density at radius 3 is 2.56 bits per heavy atom. The molecule has 0 saturated heterocycles. The molecule has 2 N–H and O–H groups in total. The molecule has 0 fully saturated rings. The first-order chi connectivity index (χ1) is 8.36. The van der Waals surface area contributed by atoms with E-state index in [9.17, 15) is 8.42 Å². The van der Waals surface area contributed by atoms with Gasteiger partial charge in [-0.1, -0.05) is 6.07 Å². The first-order valence-electron chi connectivity index (χ1n) is 5.81. The average Bonchev–Trinajstić information content (AvgIpc) is 2.36. The van der Waals surface area contributed by atoms with Crippen LogP contribution in [0, 0.1) is 0 Å². The Hall–Kier alpha value is -1.11. The van der Waals surface area contributed by atoms with Crippen LogP contribution in [0.4, 0.5) is 5.69 Å². The van der Waals surface area contributed by atoms with Crippen molar-refractivity contribution in [2.45, 2.75) is 17.9 Å². The molecule has 5 nitrogen and oxygen atoms in total. The van der Waals surface area contributed by atoms with Crippen LogP contribution in [0.5, 0.6) is 0 Å². The van der Waals surface area contributed by atoms with Gasteiger partial charge < -0.3 is 10.2 Å². The molecule has 0 bridgehead atoms. The fraction of sp³-hybridized carbons (Fsp3) is 0.500. The van der Waals surface area contributed by atoms with Crippen molar-refractivity contribution < 1.29 is 8.42 Å². The van der Waals surface area contributed by atoms with E-state index >= 15 is 0 Å². The molecule has 102 valence electrons. The molecule has 18 heavy (non-hydrogen) atoms. The summed E-state index contributed by atoms with van der Waals surface area (Å²) < 4.78 is 26.7. The molecule has 0 aliphatic carbocycles. The minimum atomic E-state index is -3.44. The number of sulfonamides is 1. The second-order valence-corrected chi connectivity index (χ2v) is 6.20. The molecule has 6 heteroatoms. The van der Waals surface area contributed by atoms with Gasteiger partial charge in [-0.05, 0) is 32.2 Å². The predicted octanol–water partition coefficient (Wildman–Crippen LogP) is 0.639. The summed E-state index contributed by atoms with van der Waals surface area (Å²) in [7, 11) is 2.11. The molecular formula is C12H21N3O2S. The maximum Gasteiger partial charge on any atom is 0.240 e. The second kappa shape index (κ2) is 6.17. The van der Waals surface area contributed by atoms with Crippen molar-refractivity contribution in [1.82, 2.24) is 10.0 Å². The highest BCUT2D eigenvalue weighted by atomic mass is 32.2. The van der Waals surface area contributed by atoms with Crippen LogP contribution in [0.25, 0.3) is 0 Å². The van der Waals surface area contributed by atoms with Crippen LogP contribution in [0.3, 0.4) is 0 Å². The van der Waals surface area contributed by atoms with Gasteiger partial charge in [0.05, 0.1) is 4.90 Å². The summed E-state index contributed by atoms with van der Waals surface area (Å²) in [5.74, 6) is 0. The standard InChI is InChI=1S/C12H21N3O2S/c1-10(13-2)9-14-18(16,17)12-7-5-6-11(8-12)15(3)4/h5-8,10,13-14H,9H2,1-4H3. The molecule has 1 rings (SSSR count). The smallest absolute Gasteiger partial charge is 0.240 e. The molecule has 1 unspecified atom stereocenters. The number of hydrogen-bond donors (Lipinski definition) is 2. The second-order valence-electron chi connectivity index (χ2n) is 4.43. The van der Waals surface area contributed by atoms with Crippen LogP contribution in [0.2, 0.25) is 0 Å². The highest BCUT2D eigenvalue weighted by Gasteiger charge is 2.15.